The molecule has 128 valence electrons. The molecule has 0 aromatic heterocycles. The molecule has 1 atom stereocenters. The molecular formula is C18H28N2O2S. The lowest BCUT2D eigenvalue weighted by atomic mass is 10.1. The number of likely N-dealkylation sites (N-methyl/N-ethyl adjacent to an activating group) is 2. The van der Waals surface area contributed by atoms with Gasteiger partial charge in [-0.15, -0.1) is 11.8 Å². The summed E-state index contributed by atoms with van der Waals surface area (Å²) in [5.74, 6) is -0.774. The minimum absolute atomic E-state index is 0.553. The van der Waals surface area contributed by atoms with Gasteiger partial charge in [-0.25, -0.2) is 0 Å². The normalized spacial score (nSPS) is 17.8. The molecule has 1 aliphatic rings. The Morgan fingerprint density at radius 1 is 1.22 bits per heavy atom. The fourth-order valence-corrected chi connectivity index (χ4v) is 3.84. The number of hydrogen-bond donors (Lipinski definition) is 1. The summed E-state index contributed by atoms with van der Waals surface area (Å²) in [6.45, 7) is 5.65. The molecule has 1 aromatic rings. The first-order valence-electron chi connectivity index (χ1n) is 8.08. The molecule has 0 saturated carbocycles. The third-order valence-corrected chi connectivity index (χ3v) is 5.67. The van der Waals surface area contributed by atoms with Crippen LogP contribution in [0.15, 0.2) is 23.1 Å². The number of aliphatic carboxylic acids is 1. The van der Waals surface area contributed by atoms with Crippen LogP contribution in [0, 0.1) is 0 Å². The number of carboxylic acids is 1. The van der Waals surface area contributed by atoms with E-state index in [0.29, 0.717) is 6.04 Å². The Morgan fingerprint density at radius 2 is 1.87 bits per heavy atom. The summed E-state index contributed by atoms with van der Waals surface area (Å²) in [7, 11) is 6.40. The number of hydrogen-bond acceptors (Lipinski definition) is 4. The molecule has 0 spiro atoms. The second-order valence-corrected chi connectivity index (χ2v) is 8.89. The van der Waals surface area contributed by atoms with E-state index >= 15 is 0 Å². The average Bonchev–Trinajstić information content (AvgIpc) is 2.87. The first-order chi connectivity index (χ1) is 10.7. The summed E-state index contributed by atoms with van der Waals surface area (Å²) < 4.78 is -0.797. The molecule has 1 aliphatic carbocycles. The Balaban J connectivity index is 2.02. The van der Waals surface area contributed by atoms with E-state index in [-0.39, 0.29) is 0 Å². The van der Waals surface area contributed by atoms with Gasteiger partial charge in [0.05, 0.1) is 0 Å². The second kappa shape index (κ2) is 7.24. The summed E-state index contributed by atoms with van der Waals surface area (Å²) in [6.07, 6.45) is 2.15. The van der Waals surface area contributed by atoms with Crippen LogP contribution in [0.2, 0.25) is 0 Å². The van der Waals surface area contributed by atoms with Crippen LogP contribution in [0.25, 0.3) is 0 Å². The molecule has 1 aromatic carbocycles. The molecular weight excluding hydrogens is 308 g/mol. The number of carboxylic acid groups (broad SMARTS) is 1. The van der Waals surface area contributed by atoms with Crippen molar-refractivity contribution in [3.8, 4) is 0 Å². The van der Waals surface area contributed by atoms with Gasteiger partial charge < -0.3 is 14.9 Å². The van der Waals surface area contributed by atoms with E-state index in [4.69, 9.17) is 0 Å². The van der Waals surface area contributed by atoms with Gasteiger partial charge in [-0.05, 0) is 71.1 Å². The Bertz CT molecular complexity index is 572. The molecule has 0 heterocycles. The number of benzene rings is 1. The van der Waals surface area contributed by atoms with Crippen molar-refractivity contribution >= 4 is 17.7 Å². The van der Waals surface area contributed by atoms with Crippen LogP contribution in [0.1, 0.15) is 25.0 Å². The van der Waals surface area contributed by atoms with Crippen LogP contribution in [-0.4, -0.2) is 65.9 Å². The van der Waals surface area contributed by atoms with Crippen molar-refractivity contribution in [3.63, 3.8) is 0 Å². The summed E-state index contributed by atoms with van der Waals surface area (Å²) in [5, 5.41) is 9.28. The standard InChI is InChI=1S/C18H28N2O2S/c1-18(2,17(21)22)23-16-7-6-13-10-15(11-14(13)12-16)20(5)9-8-19(3)4/h6-7,12,15H,8-11H2,1-5H3,(H,21,22). The topological polar surface area (TPSA) is 43.8 Å². The maximum Gasteiger partial charge on any atom is 0.319 e. The zero-order chi connectivity index (χ0) is 17.2. The molecule has 0 bridgehead atoms. The minimum atomic E-state index is -0.797. The maximum atomic E-state index is 11.3. The molecule has 0 amide bonds. The highest BCUT2D eigenvalue weighted by Crippen LogP contribution is 2.36. The summed E-state index contributed by atoms with van der Waals surface area (Å²) in [6, 6.07) is 6.98. The van der Waals surface area contributed by atoms with E-state index in [2.05, 4.69) is 49.1 Å². The molecule has 0 radical (unpaired) electrons. The number of nitrogens with zero attached hydrogens (tertiary/aromatic N) is 2. The number of rotatable bonds is 7. The van der Waals surface area contributed by atoms with Crippen molar-refractivity contribution in [2.75, 3.05) is 34.2 Å². The third kappa shape index (κ3) is 4.72. The van der Waals surface area contributed by atoms with Crippen LogP contribution in [0.4, 0.5) is 0 Å². The predicted molar refractivity (Wildman–Crippen MR) is 96.4 cm³/mol. The number of thioether (sulfide) groups is 1. The Morgan fingerprint density at radius 3 is 2.48 bits per heavy atom. The predicted octanol–water partition coefficient (Wildman–Crippen LogP) is 2.60. The van der Waals surface area contributed by atoms with Crippen LogP contribution in [-0.2, 0) is 17.6 Å². The van der Waals surface area contributed by atoms with Crippen molar-refractivity contribution in [3.05, 3.63) is 29.3 Å². The van der Waals surface area contributed by atoms with Crippen LogP contribution in [0.3, 0.4) is 0 Å². The number of carbonyl (C=O) groups is 1. The molecule has 4 nitrogen and oxygen atoms in total. The van der Waals surface area contributed by atoms with E-state index in [0.717, 1.165) is 30.8 Å². The van der Waals surface area contributed by atoms with Gasteiger partial charge in [-0.3, -0.25) is 4.79 Å². The van der Waals surface area contributed by atoms with E-state index in [1.165, 1.54) is 22.9 Å². The van der Waals surface area contributed by atoms with Gasteiger partial charge in [-0.1, -0.05) is 6.07 Å². The monoisotopic (exact) mass is 336 g/mol. The first-order valence-corrected chi connectivity index (χ1v) is 8.90. The Labute approximate surface area is 143 Å². The highest BCUT2D eigenvalue weighted by molar-refractivity contribution is 8.01. The highest BCUT2D eigenvalue weighted by atomic mass is 32.2. The Kier molecular flexibility index (Phi) is 5.76. The van der Waals surface area contributed by atoms with Crippen molar-refractivity contribution in [1.82, 2.24) is 9.80 Å². The minimum Gasteiger partial charge on any atom is -0.480 e. The van der Waals surface area contributed by atoms with Gasteiger partial charge in [0.2, 0.25) is 0 Å². The molecule has 0 saturated heterocycles. The molecule has 2 rings (SSSR count). The molecule has 0 fully saturated rings. The lowest BCUT2D eigenvalue weighted by molar-refractivity contribution is -0.138. The van der Waals surface area contributed by atoms with Crippen molar-refractivity contribution in [1.29, 1.82) is 0 Å². The van der Waals surface area contributed by atoms with Gasteiger partial charge in [0, 0.05) is 24.0 Å². The molecule has 1 N–H and O–H groups in total. The second-order valence-electron chi connectivity index (χ2n) is 7.19. The van der Waals surface area contributed by atoms with Crippen molar-refractivity contribution in [2.45, 2.75) is 42.4 Å². The van der Waals surface area contributed by atoms with Gasteiger partial charge in [0.1, 0.15) is 4.75 Å². The SMILES string of the molecule is CN(C)CCN(C)C1Cc2ccc(SC(C)(C)C(=O)O)cc2C1. The highest BCUT2D eigenvalue weighted by Gasteiger charge is 2.30. The lowest BCUT2D eigenvalue weighted by Gasteiger charge is -2.25. The maximum absolute atomic E-state index is 11.3. The van der Waals surface area contributed by atoms with Crippen molar-refractivity contribution in [2.24, 2.45) is 0 Å². The molecule has 23 heavy (non-hydrogen) atoms. The smallest absolute Gasteiger partial charge is 0.319 e. The van der Waals surface area contributed by atoms with Gasteiger partial charge in [-0.2, -0.15) is 0 Å². The quantitative estimate of drug-likeness (QED) is 0.776. The van der Waals surface area contributed by atoms with Gasteiger partial charge in [0.15, 0.2) is 0 Å². The molecule has 0 aliphatic heterocycles. The fraction of sp³-hybridized carbons (Fsp3) is 0.611. The van der Waals surface area contributed by atoms with E-state index in [1.54, 1.807) is 13.8 Å². The van der Waals surface area contributed by atoms with Gasteiger partial charge >= 0.3 is 5.97 Å². The van der Waals surface area contributed by atoms with E-state index in [9.17, 15) is 9.90 Å². The largest absolute Gasteiger partial charge is 0.480 e. The fourth-order valence-electron chi connectivity index (χ4n) is 2.83. The average molecular weight is 337 g/mol. The summed E-state index contributed by atoms with van der Waals surface area (Å²) >= 11 is 1.42. The van der Waals surface area contributed by atoms with Crippen LogP contribution >= 0.6 is 11.8 Å². The van der Waals surface area contributed by atoms with Crippen molar-refractivity contribution < 1.29 is 9.90 Å². The molecule has 5 heteroatoms. The zero-order valence-electron chi connectivity index (χ0n) is 14.8. The van der Waals surface area contributed by atoms with Crippen LogP contribution < -0.4 is 0 Å². The first kappa shape index (κ1) is 18.3. The number of fused-ring (bicyclic) bond motifs is 1. The lowest BCUT2D eigenvalue weighted by Crippen LogP contribution is -2.37. The zero-order valence-corrected chi connectivity index (χ0v) is 15.6. The van der Waals surface area contributed by atoms with E-state index < -0.39 is 10.7 Å². The third-order valence-electron chi connectivity index (χ3n) is 4.50. The van der Waals surface area contributed by atoms with E-state index in [1.807, 2.05) is 0 Å². The summed E-state index contributed by atoms with van der Waals surface area (Å²) in [5.41, 5.74) is 2.78. The summed E-state index contributed by atoms with van der Waals surface area (Å²) in [4.78, 5) is 17.0. The van der Waals surface area contributed by atoms with Crippen LogP contribution in [0.5, 0.6) is 0 Å². The Hall–Kier alpha value is -1.04. The van der Waals surface area contributed by atoms with Gasteiger partial charge in [0.25, 0.3) is 0 Å². The molecule has 1 unspecified atom stereocenters.